The standard InChI is InChI=1S/C14H17ClN2O4/c1-21-12-7-10(2-3-11(12)15)16-14(20)17-5-4-9(8-17)6-13(18)19/h2-3,7,9H,4-6,8H2,1H3,(H,16,20)(H,18,19). The SMILES string of the molecule is COc1cc(NC(=O)N2CCC(CC(=O)O)C2)ccc1Cl. The molecule has 1 aliphatic rings. The molecule has 1 atom stereocenters. The molecule has 1 saturated heterocycles. The van der Waals surface area contributed by atoms with Gasteiger partial charge >= 0.3 is 12.0 Å². The monoisotopic (exact) mass is 312 g/mol. The fourth-order valence-electron chi connectivity index (χ4n) is 2.37. The van der Waals surface area contributed by atoms with Crippen molar-refractivity contribution in [1.82, 2.24) is 4.90 Å². The van der Waals surface area contributed by atoms with Crippen molar-refractivity contribution in [3.8, 4) is 5.75 Å². The highest BCUT2D eigenvalue weighted by molar-refractivity contribution is 6.32. The fourth-order valence-corrected chi connectivity index (χ4v) is 2.57. The number of amides is 2. The molecule has 0 saturated carbocycles. The summed E-state index contributed by atoms with van der Waals surface area (Å²) in [6, 6.07) is 4.73. The highest BCUT2D eigenvalue weighted by atomic mass is 35.5. The number of carboxylic acid groups (broad SMARTS) is 1. The number of nitrogens with one attached hydrogen (secondary N) is 1. The van der Waals surface area contributed by atoms with Crippen molar-refractivity contribution in [3.05, 3.63) is 23.2 Å². The summed E-state index contributed by atoms with van der Waals surface area (Å²) in [4.78, 5) is 24.4. The smallest absolute Gasteiger partial charge is 0.321 e. The van der Waals surface area contributed by atoms with Crippen molar-refractivity contribution >= 4 is 29.3 Å². The molecule has 21 heavy (non-hydrogen) atoms. The number of carboxylic acids is 1. The normalized spacial score (nSPS) is 17.6. The Kier molecular flexibility index (Phi) is 4.90. The Balaban J connectivity index is 1.94. The van der Waals surface area contributed by atoms with Crippen molar-refractivity contribution < 1.29 is 19.4 Å². The van der Waals surface area contributed by atoms with Gasteiger partial charge in [0, 0.05) is 31.3 Å². The Labute approximate surface area is 127 Å². The first-order chi connectivity index (χ1) is 9.99. The van der Waals surface area contributed by atoms with Gasteiger partial charge in [-0.3, -0.25) is 4.79 Å². The number of methoxy groups -OCH3 is 1. The Morgan fingerprint density at radius 1 is 1.52 bits per heavy atom. The van der Waals surface area contributed by atoms with E-state index in [2.05, 4.69) is 5.32 Å². The Morgan fingerprint density at radius 3 is 2.95 bits per heavy atom. The molecule has 1 aromatic carbocycles. The maximum atomic E-state index is 12.1. The minimum atomic E-state index is -0.829. The highest BCUT2D eigenvalue weighted by Gasteiger charge is 2.27. The van der Waals surface area contributed by atoms with E-state index in [1.807, 2.05) is 0 Å². The number of carbonyl (C=O) groups is 2. The second kappa shape index (κ2) is 6.67. The van der Waals surface area contributed by atoms with Crippen LogP contribution in [0.1, 0.15) is 12.8 Å². The molecule has 0 radical (unpaired) electrons. The molecule has 0 spiro atoms. The van der Waals surface area contributed by atoms with Crippen LogP contribution >= 0.6 is 11.6 Å². The quantitative estimate of drug-likeness (QED) is 0.896. The highest BCUT2D eigenvalue weighted by Crippen LogP contribution is 2.28. The molecule has 1 aliphatic heterocycles. The van der Waals surface area contributed by atoms with Gasteiger partial charge in [0.2, 0.25) is 0 Å². The summed E-state index contributed by atoms with van der Waals surface area (Å²) in [7, 11) is 1.50. The second-order valence-corrected chi connectivity index (χ2v) is 5.39. The number of rotatable bonds is 4. The maximum absolute atomic E-state index is 12.1. The summed E-state index contributed by atoms with van der Waals surface area (Å²) >= 11 is 5.92. The third kappa shape index (κ3) is 4.01. The Bertz CT molecular complexity index is 550. The van der Waals surface area contributed by atoms with E-state index in [0.29, 0.717) is 36.0 Å². The molecule has 0 aliphatic carbocycles. The molecule has 114 valence electrons. The zero-order valence-electron chi connectivity index (χ0n) is 11.6. The summed E-state index contributed by atoms with van der Waals surface area (Å²) in [5.74, 6) is -0.322. The van der Waals surface area contributed by atoms with Crippen LogP contribution in [0.2, 0.25) is 5.02 Å². The Hall–Kier alpha value is -1.95. The first kappa shape index (κ1) is 15.4. The van der Waals surface area contributed by atoms with Crippen LogP contribution in [0, 0.1) is 5.92 Å². The van der Waals surface area contributed by atoms with E-state index in [4.69, 9.17) is 21.4 Å². The predicted octanol–water partition coefficient (Wildman–Crippen LogP) is 2.68. The van der Waals surface area contributed by atoms with Crippen LogP contribution in [0.5, 0.6) is 5.75 Å². The Morgan fingerprint density at radius 2 is 2.29 bits per heavy atom. The zero-order chi connectivity index (χ0) is 15.4. The molecule has 0 bridgehead atoms. The predicted molar refractivity (Wildman–Crippen MR) is 79.0 cm³/mol. The summed E-state index contributed by atoms with van der Waals surface area (Å²) in [5, 5.41) is 12.0. The van der Waals surface area contributed by atoms with Crippen molar-refractivity contribution in [2.45, 2.75) is 12.8 Å². The molecule has 6 nitrogen and oxygen atoms in total. The average Bonchev–Trinajstić information content (AvgIpc) is 2.88. The van der Waals surface area contributed by atoms with Gasteiger partial charge in [0.25, 0.3) is 0 Å². The van der Waals surface area contributed by atoms with Crippen LogP contribution in [-0.4, -0.2) is 42.2 Å². The number of anilines is 1. The third-order valence-corrected chi connectivity index (χ3v) is 3.75. The summed E-state index contributed by atoms with van der Waals surface area (Å²) in [5.41, 5.74) is 0.586. The van der Waals surface area contributed by atoms with E-state index in [-0.39, 0.29) is 18.4 Å². The molecule has 1 heterocycles. The summed E-state index contributed by atoms with van der Waals surface area (Å²) in [6.45, 7) is 1.03. The maximum Gasteiger partial charge on any atom is 0.321 e. The van der Waals surface area contributed by atoms with E-state index >= 15 is 0 Å². The van der Waals surface area contributed by atoms with Gasteiger partial charge in [-0.05, 0) is 24.5 Å². The van der Waals surface area contributed by atoms with Gasteiger partial charge in [-0.2, -0.15) is 0 Å². The fraction of sp³-hybridized carbons (Fsp3) is 0.429. The molecular weight excluding hydrogens is 296 g/mol. The van der Waals surface area contributed by atoms with Crippen LogP contribution in [-0.2, 0) is 4.79 Å². The van der Waals surface area contributed by atoms with Crippen LogP contribution in [0.3, 0.4) is 0 Å². The number of ether oxygens (including phenoxy) is 1. The van der Waals surface area contributed by atoms with E-state index in [1.54, 1.807) is 23.1 Å². The third-order valence-electron chi connectivity index (χ3n) is 3.44. The number of carbonyl (C=O) groups excluding carboxylic acids is 1. The average molecular weight is 313 g/mol. The zero-order valence-corrected chi connectivity index (χ0v) is 12.4. The summed E-state index contributed by atoms with van der Waals surface area (Å²) < 4.78 is 5.09. The number of aliphatic carboxylic acids is 1. The minimum absolute atomic E-state index is 0.0213. The largest absolute Gasteiger partial charge is 0.495 e. The van der Waals surface area contributed by atoms with Gasteiger partial charge in [-0.25, -0.2) is 4.79 Å². The van der Waals surface area contributed by atoms with Gasteiger partial charge in [0.15, 0.2) is 0 Å². The van der Waals surface area contributed by atoms with E-state index in [1.165, 1.54) is 7.11 Å². The number of urea groups is 1. The number of nitrogens with zero attached hydrogens (tertiary/aromatic N) is 1. The van der Waals surface area contributed by atoms with Crippen molar-refractivity contribution in [3.63, 3.8) is 0 Å². The lowest BCUT2D eigenvalue weighted by atomic mass is 10.1. The molecule has 1 fully saturated rings. The van der Waals surface area contributed by atoms with Gasteiger partial charge < -0.3 is 20.1 Å². The minimum Gasteiger partial charge on any atom is -0.495 e. The molecule has 7 heteroatoms. The lowest BCUT2D eigenvalue weighted by molar-refractivity contribution is -0.138. The number of likely N-dealkylation sites (tertiary alicyclic amines) is 1. The lowest BCUT2D eigenvalue weighted by Crippen LogP contribution is -2.33. The number of hydrogen-bond acceptors (Lipinski definition) is 3. The second-order valence-electron chi connectivity index (χ2n) is 4.98. The van der Waals surface area contributed by atoms with Crippen LogP contribution < -0.4 is 10.1 Å². The molecule has 2 rings (SSSR count). The van der Waals surface area contributed by atoms with E-state index in [0.717, 1.165) is 0 Å². The van der Waals surface area contributed by atoms with Crippen LogP contribution in [0.4, 0.5) is 10.5 Å². The molecule has 1 unspecified atom stereocenters. The van der Waals surface area contributed by atoms with Crippen molar-refractivity contribution in [2.24, 2.45) is 5.92 Å². The van der Waals surface area contributed by atoms with E-state index in [9.17, 15) is 9.59 Å². The van der Waals surface area contributed by atoms with E-state index < -0.39 is 5.97 Å². The lowest BCUT2D eigenvalue weighted by Gasteiger charge is -2.17. The number of benzene rings is 1. The summed E-state index contributed by atoms with van der Waals surface area (Å²) in [6.07, 6.45) is 0.808. The van der Waals surface area contributed by atoms with Crippen molar-refractivity contribution in [1.29, 1.82) is 0 Å². The molecule has 2 N–H and O–H groups in total. The first-order valence-corrected chi connectivity index (χ1v) is 6.98. The van der Waals surface area contributed by atoms with Gasteiger partial charge in [-0.15, -0.1) is 0 Å². The van der Waals surface area contributed by atoms with Gasteiger partial charge in [0.05, 0.1) is 12.1 Å². The van der Waals surface area contributed by atoms with Crippen LogP contribution in [0.15, 0.2) is 18.2 Å². The first-order valence-electron chi connectivity index (χ1n) is 6.61. The molecule has 1 aromatic rings. The van der Waals surface area contributed by atoms with Gasteiger partial charge in [-0.1, -0.05) is 11.6 Å². The van der Waals surface area contributed by atoms with Crippen LogP contribution in [0.25, 0.3) is 0 Å². The molecule has 2 amide bonds. The molecule has 0 aromatic heterocycles. The number of halogens is 1. The topological polar surface area (TPSA) is 78.9 Å². The van der Waals surface area contributed by atoms with Gasteiger partial charge in [0.1, 0.15) is 5.75 Å². The van der Waals surface area contributed by atoms with Crippen molar-refractivity contribution in [2.75, 3.05) is 25.5 Å². The molecular formula is C14H17ClN2O4. The number of hydrogen-bond donors (Lipinski definition) is 2.